The van der Waals surface area contributed by atoms with Gasteiger partial charge in [0.25, 0.3) is 5.91 Å². The molecule has 21 heavy (non-hydrogen) atoms. The van der Waals surface area contributed by atoms with Gasteiger partial charge in [-0.15, -0.1) is 0 Å². The van der Waals surface area contributed by atoms with Gasteiger partial charge in [0, 0.05) is 6.42 Å². The number of carbonyl (C=O) groups is 2. The highest BCUT2D eigenvalue weighted by Crippen LogP contribution is 2.49. The summed E-state index contributed by atoms with van der Waals surface area (Å²) in [4.78, 5) is 23.4. The van der Waals surface area contributed by atoms with Gasteiger partial charge >= 0.3 is 5.97 Å². The van der Waals surface area contributed by atoms with Gasteiger partial charge in [0.05, 0.1) is 12.8 Å². The van der Waals surface area contributed by atoms with Crippen molar-refractivity contribution in [2.75, 3.05) is 6.61 Å². The lowest BCUT2D eigenvalue weighted by molar-refractivity contribution is -0.149. The Kier molecular flexibility index (Phi) is 4.27. The van der Waals surface area contributed by atoms with Crippen molar-refractivity contribution < 1.29 is 18.7 Å². The van der Waals surface area contributed by atoms with Crippen LogP contribution in [0.3, 0.4) is 0 Å². The Labute approximate surface area is 124 Å². The Bertz CT molecular complexity index is 496. The van der Waals surface area contributed by atoms with Crippen LogP contribution >= 0.6 is 0 Å². The molecular weight excluding hydrogens is 270 g/mol. The predicted octanol–water partition coefficient (Wildman–Crippen LogP) is 2.27. The molecule has 2 fully saturated rings. The molecule has 5 heteroatoms. The average Bonchev–Trinajstić information content (AvgIpc) is 3.20. The normalized spacial score (nSPS) is 26.8. The first-order valence-electron chi connectivity index (χ1n) is 7.65. The molecule has 1 aromatic rings. The number of amides is 1. The molecule has 2 bridgehead atoms. The monoisotopic (exact) mass is 291 g/mol. The maximum Gasteiger partial charge on any atom is 0.306 e. The number of furan rings is 1. The highest BCUT2D eigenvalue weighted by Gasteiger charge is 2.40. The molecule has 2 saturated carbocycles. The summed E-state index contributed by atoms with van der Waals surface area (Å²) in [6.07, 6.45) is 7.03. The summed E-state index contributed by atoms with van der Waals surface area (Å²) in [7, 11) is 0. The smallest absolute Gasteiger partial charge is 0.306 e. The molecule has 0 aromatic carbocycles. The van der Waals surface area contributed by atoms with Crippen molar-refractivity contribution in [3.05, 3.63) is 24.2 Å². The Morgan fingerprint density at radius 1 is 1.33 bits per heavy atom. The molecule has 0 radical (unpaired) electrons. The lowest BCUT2D eigenvalue weighted by atomic mass is 9.86. The summed E-state index contributed by atoms with van der Waals surface area (Å²) >= 11 is 0. The van der Waals surface area contributed by atoms with E-state index >= 15 is 0 Å². The van der Waals surface area contributed by atoms with Crippen LogP contribution in [0.15, 0.2) is 22.8 Å². The van der Waals surface area contributed by atoms with Crippen LogP contribution in [0.1, 0.15) is 37.9 Å². The zero-order valence-electron chi connectivity index (χ0n) is 12.0. The van der Waals surface area contributed by atoms with Gasteiger partial charge in [-0.25, -0.2) is 0 Å². The first kappa shape index (κ1) is 14.2. The third-order valence-electron chi connectivity index (χ3n) is 4.72. The minimum absolute atomic E-state index is 0.208. The second-order valence-electron chi connectivity index (χ2n) is 6.16. The average molecular weight is 291 g/mol. The van der Waals surface area contributed by atoms with E-state index in [-0.39, 0.29) is 18.5 Å². The zero-order chi connectivity index (χ0) is 14.7. The minimum Gasteiger partial charge on any atom is -0.467 e. The molecule has 1 amide bonds. The number of rotatable bonds is 6. The zero-order valence-corrected chi connectivity index (χ0v) is 12.0. The van der Waals surface area contributed by atoms with Gasteiger partial charge in [0.1, 0.15) is 5.76 Å². The maximum atomic E-state index is 11.8. The van der Waals surface area contributed by atoms with Crippen molar-refractivity contribution in [3.63, 3.8) is 0 Å². The number of hydrogen-bond donors (Lipinski definition) is 1. The second-order valence-corrected chi connectivity index (χ2v) is 6.16. The van der Waals surface area contributed by atoms with E-state index in [9.17, 15) is 9.59 Å². The fourth-order valence-corrected chi connectivity index (χ4v) is 3.70. The molecule has 1 N–H and O–H groups in total. The standard InChI is InChI=1S/C16H21NO4/c18-15(17-9-14-2-1-5-20-14)10-21-16(19)8-13-7-11-3-4-12(13)6-11/h1-2,5,11-13H,3-4,6-10H2,(H,17,18)/t11-,12-,13-/m0/s1. The van der Waals surface area contributed by atoms with Crippen LogP contribution in [0, 0.1) is 17.8 Å². The van der Waals surface area contributed by atoms with Crippen molar-refractivity contribution in [1.29, 1.82) is 0 Å². The van der Waals surface area contributed by atoms with E-state index in [0.29, 0.717) is 30.6 Å². The Morgan fingerprint density at radius 3 is 2.90 bits per heavy atom. The van der Waals surface area contributed by atoms with E-state index in [1.165, 1.54) is 19.3 Å². The number of nitrogens with one attached hydrogen (secondary N) is 1. The van der Waals surface area contributed by atoms with Gasteiger partial charge in [-0.3, -0.25) is 9.59 Å². The molecule has 1 aromatic heterocycles. The lowest BCUT2D eigenvalue weighted by Crippen LogP contribution is -2.28. The number of fused-ring (bicyclic) bond motifs is 2. The van der Waals surface area contributed by atoms with Crippen molar-refractivity contribution in [2.45, 2.75) is 38.6 Å². The van der Waals surface area contributed by atoms with E-state index in [2.05, 4.69) is 5.32 Å². The van der Waals surface area contributed by atoms with E-state index < -0.39 is 0 Å². The van der Waals surface area contributed by atoms with Crippen LogP contribution in [0.2, 0.25) is 0 Å². The molecule has 1 heterocycles. The Morgan fingerprint density at radius 2 is 2.24 bits per heavy atom. The first-order valence-corrected chi connectivity index (χ1v) is 7.65. The molecule has 0 saturated heterocycles. The summed E-state index contributed by atoms with van der Waals surface area (Å²) < 4.78 is 10.2. The van der Waals surface area contributed by atoms with Crippen LogP contribution in [-0.2, 0) is 20.9 Å². The topological polar surface area (TPSA) is 68.5 Å². The second kappa shape index (κ2) is 6.33. The van der Waals surface area contributed by atoms with Crippen molar-refractivity contribution in [1.82, 2.24) is 5.32 Å². The molecule has 0 unspecified atom stereocenters. The summed E-state index contributed by atoms with van der Waals surface area (Å²) in [6.45, 7) is 0.107. The van der Waals surface area contributed by atoms with Crippen molar-refractivity contribution >= 4 is 11.9 Å². The Balaban J connectivity index is 1.33. The SMILES string of the molecule is O=C(COC(=O)C[C@@H]1C[C@H]2CC[C@H]1C2)NCc1ccco1. The van der Waals surface area contributed by atoms with E-state index in [1.807, 2.05) is 0 Å². The van der Waals surface area contributed by atoms with E-state index in [1.54, 1.807) is 18.4 Å². The largest absolute Gasteiger partial charge is 0.467 e. The minimum atomic E-state index is -0.298. The summed E-state index contributed by atoms with van der Waals surface area (Å²) in [6, 6.07) is 3.54. The van der Waals surface area contributed by atoms with Gasteiger partial charge in [-0.1, -0.05) is 6.42 Å². The number of hydrogen-bond acceptors (Lipinski definition) is 4. The third-order valence-corrected chi connectivity index (χ3v) is 4.72. The predicted molar refractivity (Wildman–Crippen MR) is 75.1 cm³/mol. The molecule has 0 aliphatic heterocycles. The molecular formula is C16H21NO4. The van der Waals surface area contributed by atoms with Gasteiger partial charge in [-0.2, -0.15) is 0 Å². The highest BCUT2D eigenvalue weighted by molar-refractivity contribution is 5.80. The summed E-state index contributed by atoms with van der Waals surface area (Å²) in [5.41, 5.74) is 0. The van der Waals surface area contributed by atoms with Gasteiger partial charge in [-0.05, 0) is 49.1 Å². The molecule has 0 spiro atoms. The Hall–Kier alpha value is -1.78. The van der Waals surface area contributed by atoms with Crippen LogP contribution in [0.5, 0.6) is 0 Å². The van der Waals surface area contributed by atoms with Crippen molar-refractivity contribution in [3.8, 4) is 0 Å². The van der Waals surface area contributed by atoms with Gasteiger partial charge < -0.3 is 14.5 Å². The number of esters is 1. The molecule has 2 aliphatic rings. The van der Waals surface area contributed by atoms with Crippen molar-refractivity contribution in [2.24, 2.45) is 17.8 Å². The van der Waals surface area contributed by atoms with E-state index in [0.717, 1.165) is 12.3 Å². The molecule has 2 aliphatic carbocycles. The molecule has 114 valence electrons. The fraction of sp³-hybridized carbons (Fsp3) is 0.625. The molecule has 3 atom stereocenters. The fourth-order valence-electron chi connectivity index (χ4n) is 3.70. The maximum absolute atomic E-state index is 11.8. The first-order chi connectivity index (χ1) is 10.2. The quantitative estimate of drug-likeness (QED) is 0.816. The van der Waals surface area contributed by atoms with E-state index in [4.69, 9.17) is 9.15 Å². The highest BCUT2D eigenvalue weighted by atomic mass is 16.5. The van der Waals surface area contributed by atoms with Crippen LogP contribution in [0.25, 0.3) is 0 Å². The third kappa shape index (κ3) is 3.65. The molecule has 3 rings (SSSR count). The number of carbonyl (C=O) groups excluding carboxylic acids is 2. The van der Waals surface area contributed by atoms with Crippen LogP contribution in [-0.4, -0.2) is 18.5 Å². The van der Waals surface area contributed by atoms with Gasteiger partial charge in [0.15, 0.2) is 6.61 Å². The summed E-state index contributed by atoms with van der Waals surface area (Å²) in [5.74, 6) is 2.13. The van der Waals surface area contributed by atoms with Crippen LogP contribution < -0.4 is 5.32 Å². The molecule has 5 nitrogen and oxygen atoms in total. The summed E-state index contributed by atoms with van der Waals surface area (Å²) in [5, 5.41) is 2.65. The van der Waals surface area contributed by atoms with Crippen LogP contribution in [0.4, 0.5) is 0 Å². The van der Waals surface area contributed by atoms with Gasteiger partial charge in [0.2, 0.25) is 0 Å². The number of ether oxygens (including phenoxy) is 1. The lowest BCUT2D eigenvalue weighted by Gasteiger charge is -2.20.